The predicted molar refractivity (Wildman–Crippen MR) is 113 cm³/mol. The number of pyridine rings is 1. The van der Waals surface area contributed by atoms with Gasteiger partial charge in [-0.25, -0.2) is 9.97 Å². The molecule has 150 valence electrons. The Balaban J connectivity index is 1.51. The first-order valence-electron chi connectivity index (χ1n) is 9.48. The van der Waals surface area contributed by atoms with Crippen LogP contribution in [-0.4, -0.2) is 46.0 Å². The summed E-state index contributed by atoms with van der Waals surface area (Å²) in [5.41, 5.74) is 4.59. The van der Waals surface area contributed by atoms with Crippen LogP contribution in [0.1, 0.15) is 5.56 Å². The van der Waals surface area contributed by atoms with Crippen molar-refractivity contribution in [1.29, 1.82) is 0 Å². The molecule has 0 fully saturated rings. The topological polar surface area (TPSA) is 122 Å². The summed E-state index contributed by atoms with van der Waals surface area (Å²) in [6.07, 6.45) is 10.2. The minimum atomic E-state index is -0.219. The number of H-pyrrole nitrogens is 2. The molecule has 0 aliphatic carbocycles. The van der Waals surface area contributed by atoms with E-state index >= 15 is 0 Å². The van der Waals surface area contributed by atoms with E-state index in [9.17, 15) is 4.79 Å². The zero-order chi connectivity index (χ0) is 20.5. The zero-order valence-electron chi connectivity index (χ0n) is 16.2. The number of hydrogen-bond acceptors (Lipinski definition) is 6. The lowest BCUT2D eigenvalue weighted by Crippen LogP contribution is -2.17. The first kappa shape index (κ1) is 17.9. The number of aryl methyl sites for hydroxylation is 1. The van der Waals surface area contributed by atoms with Crippen LogP contribution in [0.2, 0.25) is 0 Å². The van der Waals surface area contributed by atoms with Crippen molar-refractivity contribution >= 4 is 16.7 Å². The lowest BCUT2D eigenvalue weighted by atomic mass is 10.2. The number of hydrogen-bond donors (Lipinski definition) is 3. The van der Waals surface area contributed by atoms with Crippen molar-refractivity contribution in [2.45, 2.75) is 13.5 Å². The van der Waals surface area contributed by atoms with Gasteiger partial charge in [0.2, 0.25) is 0 Å². The van der Waals surface area contributed by atoms with E-state index in [0.717, 1.165) is 22.3 Å². The van der Waals surface area contributed by atoms with Crippen molar-refractivity contribution in [3.8, 4) is 17.1 Å². The van der Waals surface area contributed by atoms with Gasteiger partial charge in [0.1, 0.15) is 11.4 Å². The smallest absolute Gasteiger partial charge is 0.261 e. The zero-order valence-corrected chi connectivity index (χ0v) is 16.2. The molecule has 10 heteroatoms. The van der Waals surface area contributed by atoms with E-state index in [-0.39, 0.29) is 5.56 Å². The quantitative estimate of drug-likeness (QED) is 0.401. The summed E-state index contributed by atoms with van der Waals surface area (Å²) in [6, 6.07) is 5.86. The van der Waals surface area contributed by atoms with Crippen molar-refractivity contribution in [1.82, 2.24) is 39.5 Å². The molecule has 0 saturated heterocycles. The Morgan fingerprint density at radius 1 is 1.17 bits per heavy atom. The van der Waals surface area contributed by atoms with Crippen molar-refractivity contribution in [2.75, 3.05) is 11.9 Å². The molecule has 1 aromatic carbocycles. The Morgan fingerprint density at radius 3 is 2.83 bits per heavy atom. The number of aromatic amines is 2. The third-order valence-corrected chi connectivity index (χ3v) is 4.86. The van der Waals surface area contributed by atoms with Crippen LogP contribution in [0.5, 0.6) is 0 Å². The summed E-state index contributed by atoms with van der Waals surface area (Å²) in [6.45, 7) is 3.14. The van der Waals surface area contributed by atoms with Crippen molar-refractivity contribution in [3.05, 3.63) is 71.4 Å². The molecule has 5 rings (SSSR count). The lowest BCUT2D eigenvalue weighted by Gasteiger charge is -2.09. The largest absolute Gasteiger partial charge is 0.382 e. The fourth-order valence-corrected chi connectivity index (χ4v) is 3.46. The molecule has 3 N–H and O–H groups in total. The SMILES string of the molecule is Cc1cc(-n2ccnc2)cc2[nH]c(-c3c(NCCn4nccn4)cc[nH]c3=O)nc12. The summed E-state index contributed by atoms with van der Waals surface area (Å²) in [5, 5.41) is 11.5. The summed E-state index contributed by atoms with van der Waals surface area (Å²) >= 11 is 0. The number of anilines is 1. The van der Waals surface area contributed by atoms with Gasteiger partial charge in [0.15, 0.2) is 0 Å². The van der Waals surface area contributed by atoms with E-state index < -0.39 is 0 Å². The van der Waals surface area contributed by atoms with Gasteiger partial charge >= 0.3 is 0 Å². The molecule has 4 aromatic heterocycles. The van der Waals surface area contributed by atoms with Crippen LogP contribution in [0.25, 0.3) is 28.1 Å². The average Bonchev–Trinajstić information content (AvgIpc) is 3.49. The molecule has 5 aromatic rings. The van der Waals surface area contributed by atoms with E-state index in [4.69, 9.17) is 4.98 Å². The first-order valence-corrected chi connectivity index (χ1v) is 9.48. The Bertz CT molecular complexity index is 1350. The third kappa shape index (κ3) is 3.24. The van der Waals surface area contributed by atoms with Gasteiger partial charge in [-0.2, -0.15) is 15.0 Å². The van der Waals surface area contributed by atoms with E-state index in [1.54, 1.807) is 35.9 Å². The Hall–Kier alpha value is -4.21. The first-order chi connectivity index (χ1) is 14.7. The molecule has 30 heavy (non-hydrogen) atoms. The molecule has 0 atom stereocenters. The van der Waals surface area contributed by atoms with Crippen LogP contribution in [-0.2, 0) is 6.54 Å². The molecule has 0 aliphatic heterocycles. The Labute approximate surface area is 170 Å². The summed E-state index contributed by atoms with van der Waals surface area (Å²) in [4.78, 5) is 29.1. The normalized spacial score (nSPS) is 11.2. The number of fused-ring (bicyclic) bond motifs is 1. The second-order valence-corrected chi connectivity index (χ2v) is 6.86. The number of nitrogens with zero attached hydrogens (tertiary/aromatic N) is 6. The van der Waals surface area contributed by atoms with Gasteiger partial charge in [0, 0.05) is 30.8 Å². The fourth-order valence-electron chi connectivity index (χ4n) is 3.46. The summed E-state index contributed by atoms with van der Waals surface area (Å²) in [5.74, 6) is 0.512. The minimum Gasteiger partial charge on any atom is -0.382 e. The summed E-state index contributed by atoms with van der Waals surface area (Å²) < 4.78 is 1.93. The van der Waals surface area contributed by atoms with Gasteiger partial charge in [0.05, 0.1) is 42.0 Å². The van der Waals surface area contributed by atoms with Crippen LogP contribution in [0, 0.1) is 6.92 Å². The number of aromatic nitrogens is 8. The molecule has 0 bridgehead atoms. The maximum Gasteiger partial charge on any atom is 0.261 e. The number of rotatable bonds is 6. The minimum absolute atomic E-state index is 0.219. The average molecular weight is 401 g/mol. The second-order valence-electron chi connectivity index (χ2n) is 6.86. The van der Waals surface area contributed by atoms with Crippen molar-refractivity contribution in [2.24, 2.45) is 0 Å². The highest BCUT2D eigenvalue weighted by molar-refractivity contribution is 5.86. The molecule has 4 heterocycles. The monoisotopic (exact) mass is 401 g/mol. The van der Waals surface area contributed by atoms with Crippen LogP contribution in [0.4, 0.5) is 5.69 Å². The van der Waals surface area contributed by atoms with Crippen molar-refractivity contribution in [3.63, 3.8) is 0 Å². The predicted octanol–water partition coefficient (Wildman–Crippen LogP) is 2.12. The van der Waals surface area contributed by atoms with Gasteiger partial charge < -0.3 is 19.9 Å². The molecule has 0 spiro atoms. The van der Waals surface area contributed by atoms with Crippen LogP contribution in [0.3, 0.4) is 0 Å². The lowest BCUT2D eigenvalue weighted by molar-refractivity contribution is 0.554. The van der Waals surface area contributed by atoms with Gasteiger partial charge in [-0.3, -0.25) is 4.79 Å². The Morgan fingerprint density at radius 2 is 2.03 bits per heavy atom. The van der Waals surface area contributed by atoms with E-state index in [0.29, 0.717) is 30.2 Å². The second kappa shape index (κ2) is 7.32. The number of imidazole rings is 2. The van der Waals surface area contributed by atoms with E-state index in [1.807, 2.05) is 35.9 Å². The van der Waals surface area contributed by atoms with Gasteiger partial charge in [-0.05, 0) is 30.7 Å². The maximum atomic E-state index is 12.6. The highest BCUT2D eigenvalue weighted by atomic mass is 16.1. The molecule has 0 saturated carbocycles. The van der Waals surface area contributed by atoms with E-state index in [1.165, 1.54) is 0 Å². The van der Waals surface area contributed by atoms with Crippen molar-refractivity contribution < 1.29 is 0 Å². The molecule has 0 amide bonds. The molecule has 10 nitrogen and oxygen atoms in total. The van der Waals surface area contributed by atoms with Gasteiger partial charge in [0.25, 0.3) is 5.56 Å². The standard InChI is InChI=1S/C20H19N9O/c1-13-10-14(28-8-6-21-12-28)11-16-18(13)27-19(26-16)17-15(2-3-23-20(17)30)22-7-9-29-24-4-5-25-29/h2-6,8,10-12H,7,9H2,1H3,(H,26,27)(H2,22,23,30). The maximum absolute atomic E-state index is 12.6. The molecular formula is C20H19N9O. The highest BCUT2D eigenvalue weighted by Crippen LogP contribution is 2.27. The van der Waals surface area contributed by atoms with E-state index in [2.05, 4.69) is 30.5 Å². The van der Waals surface area contributed by atoms with Crippen LogP contribution >= 0.6 is 0 Å². The van der Waals surface area contributed by atoms with Crippen LogP contribution in [0.15, 0.2) is 60.3 Å². The number of nitrogens with one attached hydrogen (secondary N) is 3. The molecular weight excluding hydrogens is 382 g/mol. The summed E-state index contributed by atoms with van der Waals surface area (Å²) in [7, 11) is 0. The van der Waals surface area contributed by atoms with Crippen LogP contribution < -0.4 is 10.9 Å². The fraction of sp³-hybridized carbons (Fsp3) is 0.150. The highest BCUT2D eigenvalue weighted by Gasteiger charge is 2.16. The molecule has 0 unspecified atom stereocenters. The molecule has 0 aliphatic rings. The third-order valence-electron chi connectivity index (χ3n) is 4.86. The van der Waals surface area contributed by atoms with Gasteiger partial charge in [-0.1, -0.05) is 0 Å². The number of benzene rings is 1. The van der Waals surface area contributed by atoms with Gasteiger partial charge in [-0.15, -0.1) is 0 Å². The molecule has 0 radical (unpaired) electrons. The Kier molecular flexibility index (Phi) is 4.36.